The Kier molecular flexibility index (Phi) is 7.31. The Labute approximate surface area is 184 Å². The molecule has 0 saturated carbocycles. The molecule has 2 amide bonds. The Hall–Kier alpha value is -3.04. The van der Waals surface area contributed by atoms with Crippen molar-refractivity contribution in [1.82, 2.24) is 5.32 Å². The maximum atomic E-state index is 13.3. The number of nitrogens with one attached hydrogen (secondary N) is 2. The van der Waals surface area contributed by atoms with Gasteiger partial charge in [0.25, 0.3) is 11.8 Å². The van der Waals surface area contributed by atoms with Gasteiger partial charge < -0.3 is 15.4 Å². The summed E-state index contributed by atoms with van der Waals surface area (Å²) in [6.45, 7) is 0.0373. The van der Waals surface area contributed by atoms with Crippen LogP contribution in [0.25, 0.3) is 0 Å². The van der Waals surface area contributed by atoms with Crippen molar-refractivity contribution in [3.05, 3.63) is 80.7 Å². The normalized spacial score (nSPS) is 10.3. The molecule has 9 heteroatoms. The first kappa shape index (κ1) is 21.7. The SMILES string of the molecule is O=C(CCNC(=O)c1cc(F)ccc1Br)Oc1ccc(NC(=O)c2cccs2)cc1. The van der Waals surface area contributed by atoms with Crippen molar-refractivity contribution in [3.63, 3.8) is 0 Å². The van der Waals surface area contributed by atoms with Gasteiger partial charge in [-0.05, 0) is 69.8 Å². The van der Waals surface area contributed by atoms with Crippen LogP contribution in [0.5, 0.6) is 5.75 Å². The number of carbonyl (C=O) groups is 3. The largest absolute Gasteiger partial charge is 0.426 e. The van der Waals surface area contributed by atoms with Crippen LogP contribution in [0, 0.1) is 5.82 Å². The number of carbonyl (C=O) groups excluding carboxylic acids is 3. The average molecular weight is 491 g/mol. The molecule has 0 atom stereocenters. The molecule has 1 aromatic heterocycles. The molecule has 0 fully saturated rings. The summed E-state index contributed by atoms with van der Waals surface area (Å²) in [5.74, 6) is -1.47. The summed E-state index contributed by atoms with van der Waals surface area (Å²) in [4.78, 5) is 36.6. The minimum Gasteiger partial charge on any atom is -0.426 e. The fraction of sp³-hybridized carbons (Fsp3) is 0.0952. The van der Waals surface area contributed by atoms with Crippen LogP contribution in [0.4, 0.5) is 10.1 Å². The number of benzene rings is 2. The first-order valence-corrected chi connectivity index (χ1v) is 10.5. The molecule has 1 heterocycles. The summed E-state index contributed by atoms with van der Waals surface area (Å²) in [7, 11) is 0. The number of rotatable bonds is 7. The van der Waals surface area contributed by atoms with Gasteiger partial charge >= 0.3 is 5.97 Å². The molecule has 0 aliphatic carbocycles. The van der Waals surface area contributed by atoms with Gasteiger partial charge in [-0.1, -0.05) is 6.07 Å². The highest BCUT2D eigenvalue weighted by molar-refractivity contribution is 9.10. The molecule has 0 spiro atoms. The van der Waals surface area contributed by atoms with Crippen molar-refractivity contribution in [2.24, 2.45) is 0 Å². The Morgan fingerprint density at radius 1 is 1.03 bits per heavy atom. The highest BCUT2D eigenvalue weighted by atomic mass is 79.9. The Balaban J connectivity index is 1.45. The predicted octanol–water partition coefficient (Wildman–Crippen LogP) is 4.63. The van der Waals surface area contributed by atoms with Gasteiger partial charge in [0.15, 0.2) is 0 Å². The third-order valence-corrected chi connectivity index (χ3v) is 5.44. The number of esters is 1. The van der Waals surface area contributed by atoms with Crippen LogP contribution >= 0.6 is 27.3 Å². The van der Waals surface area contributed by atoms with Gasteiger partial charge in [0.05, 0.1) is 16.9 Å². The number of hydrogen-bond acceptors (Lipinski definition) is 5. The van der Waals surface area contributed by atoms with E-state index in [0.29, 0.717) is 20.8 Å². The average Bonchev–Trinajstić information content (AvgIpc) is 3.26. The fourth-order valence-corrected chi connectivity index (χ4v) is 3.48. The van der Waals surface area contributed by atoms with Crippen molar-refractivity contribution >= 4 is 50.7 Å². The van der Waals surface area contributed by atoms with Crippen molar-refractivity contribution in [2.75, 3.05) is 11.9 Å². The summed E-state index contributed by atoms with van der Waals surface area (Å²) in [5, 5.41) is 7.11. The van der Waals surface area contributed by atoms with Gasteiger partial charge in [0, 0.05) is 16.7 Å². The molecule has 0 aliphatic rings. The lowest BCUT2D eigenvalue weighted by atomic mass is 10.2. The smallest absolute Gasteiger partial charge is 0.312 e. The molecule has 0 radical (unpaired) electrons. The van der Waals surface area contributed by atoms with Gasteiger partial charge in [-0.25, -0.2) is 4.39 Å². The van der Waals surface area contributed by atoms with Crippen LogP contribution in [-0.4, -0.2) is 24.3 Å². The van der Waals surface area contributed by atoms with Crippen molar-refractivity contribution < 1.29 is 23.5 Å². The van der Waals surface area contributed by atoms with E-state index in [-0.39, 0.29) is 24.4 Å². The number of amides is 2. The number of anilines is 1. The molecule has 0 saturated heterocycles. The lowest BCUT2D eigenvalue weighted by molar-refractivity contribution is -0.134. The van der Waals surface area contributed by atoms with Gasteiger partial charge in [-0.2, -0.15) is 0 Å². The van der Waals surface area contributed by atoms with E-state index in [1.807, 2.05) is 5.38 Å². The predicted molar refractivity (Wildman–Crippen MR) is 115 cm³/mol. The van der Waals surface area contributed by atoms with E-state index in [2.05, 4.69) is 26.6 Å². The molecule has 3 aromatic rings. The number of ether oxygens (including phenoxy) is 1. The van der Waals surface area contributed by atoms with E-state index >= 15 is 0 Å². The van der Waals surface area contributed by atoms with Gasteiger partial charge in [-0.3, -0.25) is 14.4 Å². The van der Waals surface area contributed by atoms with Crippen LogP contribution in [0.3, 0.4) is 0 Å². The van der Waals surface area contributed by atoms with Crippen LogP contribution in [-0.2, 0) is 4.79 Å². The van der Waals surface area contributed by atoms with Crippen LogP contribution in [0.1, 0.15) is 26.5 Å². The van der Waals surface area contributed by atoms with Crippen molar-refractivity contribution in [3.8, 4) is 5.75 Å². The zero-order chi connectivity index (χ0) is 21.5. The summed E-state index contributed by atoms with van der Waals surface area (Å²) in [6.07, 6.45) is -0.0600. The maximum Gasteiger partial charge on any atom is 0.312 e. The first-order chi connectivity index (χ1) is 14.4. The third kappa shape index (κ3) is 5.98. The second-order valence-electron chi connectivity index (χ2n) is 6.06. The minimum atomic E-state index is -0.538. The highest BCUT2D eigenvalue weighted by Crippen LogP contribution is 2.19. The van der Waals surface area contributed by atoms with E-state index in [1.54, 1.807) is 36.4 Å². The van der Waals surface area contributed by atoms with Gasteiger partial charge in [0.1, 0.15) is 11.6 Å². The minimum absolute atomic E-state index is 0.0373. The van der Waals surface area contributed by atoms with Crippen LogP contribution in [0.2, 0.25) is 0 Å². The second-order valence-corrected chi connectivity index (χ2v) is 7.86. The molecule has 154 valence electrons. The third-order valence-electron chi connectivity index (χ3n) is 3.88. The van der Waals surface area contributed by atoms with E-state index in [1.165, 1.54) is 23.5 Å². The Morgan fingerprint density at radius 3 is 2.50 bits per heavy atom. The summed E-state index contributed by atoms with van der Waals surface area (Å²) in [5.41, 5.74) is 0.713. The van der Waals surface area contributed by atoms with Gasteiger partial charge in [-0.15, -0.1) is 11.3 Å². The maximum absolute atomic E-state index is 13.3. The van der Waals surface area contributed by atoms with E-state index in [9.17, 15) is 18.8 Å². The quantitative estimate of drug-likeness (QED) is 0.373. The summed E-state index contributed by atoms with van der Waals surface area (Å²) in [6, 6.07) is 13.7. The van der Waals surface area contributed by atoms with E-state index in [0.717, 1.165) is 6.07 Å². The Morgan fingerprint density at radius 2 is 1.80 bits per heavy atom. The molecular weight excluding hydrogens is 475 g/mol. The molecule has 2 N–H and O–H groups in total. The lowest BCUT2D eigenvalue weighted by Gasteiger charge is -2.08. The Bertz CT molecular complexity index is 1060. The van der Waals surface area contributed by atoms with Gasteiger partial charge in [0.2, 0.25) is 0 Å². The van der Waals surface area contributed by atoms with E-state index in [4.69, 9.17) is 4.74 Å². The zero-order valence-electron chi connectivity index (χ0n) is 15.5. The van der Waals surface area contributed by atoms with Crippen molar-refractivity contribution in [1.29, 1.82) is 0 Å². The lowest BCUT2D eigenvalue weighted by Crippen LogP contribution is -2.27. The van der Waals surface area contributed by atoms with Crippen LogP contribution in [0.15, 0.2) is 64.5 Å². The molecule has 0 aliphatic heterocycles. The fourth-order valence-electron chi connectivity index (χ4n) is 2.43. The highest BCUT2D eigenvalue weighted by Gasteiger charge is 2.12. The monoisotopic (exact) mass is 490 g/mol. The number of hydrogen-bond donors (Lipinski definition) is 2. The van der Waals surface area contributed by atoms with Crippen molar-refractivity contribution in [2.45, 2.75) is 6.42 Å². The molecule has 6 nitrogen and oxygen atoms in total. The standard InChI is InChI=1S/C21H16BrFN2O4S/c22-17-8-3-13(23)12-16(17)20(27)24-10-9-19(26)29-15-6-4-14(5-7-15)25-21(28)18-2-1-11-30-18/h1-8,11-12H,9-10H2,(H,24,27)(H,25,28). The number of thiophene rings is 1. The number of halogens is 2. The van der Waals surface area contributed by atoms with E-state index < -0.39 is 17.7 Å². The second kappa shape index (κ2) is 10.1. The summed E-state index contributed by atoms with van der Waals surface area (Å²) < 4.78 is 18.9. The molecule has 30 heavy (non-hydrogen) atoms. The summed E-state index contributed by atoms with van der Waals surface area (Å²) >= 11 is 4.52. The first-order valence-electron chi connectivity index (χ1n) is 8.81. The zero-order valence-corrected chi connectivity index (χ0v) is 17.9. The van der Waals surface area contributed by atoms with Crippen LogP contribution < -0.4 is 15.4 Å². The molecule has 0 bridgehead atoms. The molecule has 2 aromatic carbocycles. The molecule has 3 rings (SSSR count). The molecular formula is C21H16BrFN2O4S. The molecule has 0 unspecified atom stereocenters. The topological polar surface area (TPSA) is 84.5 Å².